The minimum absolute atomic E-state index is 0.181. The third-order valence-electron chi connectivity index (χ3n) is 3.68. The second-order valence-corrected chi connectivity index (χ2v) is 6.11. The van der Waals surface area contributed by atoms with Gasteiger partial charge < -0.3 is 9.52 Å². The average Bonchev–Trinajstić information content (AvgIpc) is 2.53. The quantitative estimate of drug-likeness (QED) is 0.532. The second-order valence-electron chi connectivity index (χ2n) is 5.27. The van der Waals surface area contributed by atoms with Gasteiger partial charge in [-0.1, -0.05) is 41.4 Å². The summed E-state index contributed by atoms with van der Waals surface area (Å²) in [6.45, 7) is 7.03. The van der Waals surface area contributed by atoms with Crippen LogP contribution in [0, 0.1) is 6.57 Å². The van der Waals surface area contributed by atoms with Crippen LogP contribution in [0.4, 0.5) is 5.69 Å². The maximum Gasteiger partial charge on any atom is 0.336 e. The maximum absolute atomic E-state index is 11.8. The summed E-state index contributed by atoms with van der Waals surface area (Å²) in [5, 5.41) is 12.0. The van der Waals surface area contributed by atoms with Gasteiger partial charge >= 0.3 is 5.63 Å². The molecule has 1 aromatic heterocycles. The molecule has 0 amide bonds. The van der Waals surface area contributed by atoms with E-state index in [-0.39, 0.29) is 6.42 Å². The summed E-state index contributed by atoms with van der Waals surface area (Å²) in [6.07, 6.45) is -0.721. The molecule has 0 bridgehead atoms. The molecule has 24 heavy (non-hydrogen) atoms. The molecule has 120 valence electrons. The lowest BCUT2D eigenvalue weighted by Crippen LogP contribution is -2.07. The van der Waals surface area contributed by atoms with Crippen molar-refractivity contribution >= 4 is 39.9 Å². The molecule has 3 rings (SSSR count). The largest absolute Gasteiger partial charge is 0.424 e. The van der Waals surface area contributed by atoms with Crippen LogP contribution >= 0.6 is 23.2 Å². The zero-order chi connectivity index (χ0) is 17.3. The normalized spacial score (nSPS) is 12.1. The lowest BCUT2D eigenvalue weighted by molar-refractivity contribution is 0.179. The van der Waals surface area contributed by atoms with E-state index in [1.165, 1.54) is 12.1 Å². The number of halogens is 2. The van der Waals surface area contributed by atoms with Crippen LogP contribution in [0.2, 0.25) is 10.0 Å². The monoisotopic (exact) mass is 359 g/mol. The van der Waals surface area contributed by atoms with Crippen molar-refractivity contribution in [1.82, 2.24) is 0 Å². The highest BCUT2D eigenvalue weighted by Crippen LogP contribution is 2.30. The fraction of sp³-hybridized carbons (Fsp3) is 0.111. The van der Waals surface area contributed by atoms with Crippen LogP contribution in [0.25, 0.3) is 15.8 Å². The van der Waals surface area contributed by atoms with Crippen LogP contribution in [-0.2, 0) is 6.42 Å². The van der Waals surface area contributed by atoms with Gasteiger partial charge in [-0.05, 0) is 29.3 Å². The Labute approximate surface area is 147 Å². The van der Waals surface area contributed by atoms with Crippen LogP contribution < -0.4 is 5.63 Å². The molecule has 3 aromatic rings. The Morgan fingerprint density at radius 3 is 2.67 bits per heavy atom. The summed E-state index contributed by atoms with van der Waals surface area (Å²) >= 11 is 12.0. The van der Waals surface area contributed by atoms with Crippen molar-refractivity contribution in [3.8, 4) is 0 Å². The fourth-order valence-electron chi connectivity index (χ4n) is 2.55. The Kier molecular flexibility index (Phi) is 4.59. The zero-order valence-corrected chi connectivity index (χ0v) is 13.8. The SMILES string of the molecule is [C-]#[N+]c1ccc2c(CC(O)c3ccc(Cl)cc3Cl)cc(=O)oc2c1. The van der Waals surface area contributed by atoms with Crippen LogP contribution in [0.3, 0.4) is 0 Å². The standard InChI is InChI=1S/C18H11Cl2NO3/c1-21-12-3-5-13-10(7-18(23)24-17(13)9-12)6-16(22)14-4-2-11(19)8-15(14)20/h2-5,7-9,16,22H,6H2. The van der Waals surface area contributed by atoms with E-state index in [1.807, 2.05) is 0 Å². The van der Waals surface area contributed by atoms with Crippen LogP contribution in [0.15, 0.2) is 51.7 Å². The van der Waals surface area contributed by atoms with Crippen molar-refractivity contribution in [1.29, 1.82) is 0 Å². The van der Waals surface area contributed by atoms with Gasteiger partial charge in [0.25, 0.3) is 0 Å². The van der Waals surface area contributed by atoms with Crippen molar-refractivity contribution in [2.75, 3.05) is 0 Å². The molecular weight excluding hydrogens is 349 g/mol. The first-order valence-corrected chi connectivity index (χ1v) is 7.81. The van der Waals surface area contributed by atoms with E-state index < -0.39 is 11.7 Å². The van der Waals surface area contributed by atoms with E-state index in [4.69, 9.17) is 34.2 Å². The molecule has 0 aliphatic carbocycles. The molecule has 4 nitrogen and oxygen atoms in total. The average molecular weight is 360 g/mol. The van der Waals surface area contributed by atoms with Gasteiger partial charge in [0.15, 0.2) is 5.69 Å². The molecule has 6 heteroatoms. The van der Waals surface area contributed by atoms with Crippen LogP contribution in [0.5, 0.6) is 0 Å². The van der Waals surface area contributed by atoms with E-state index in [0.29, 0.717) is 37.8 Å². The highest BCUT2D eigenvalue weighted by molar-refractivity contribution is 6.35. The van der Waals surface area contributed by atoms with Crippen molar-refractivity contribution < 1.29 is 9.52 Å². The number of benzene rings is 2. The Bertz CT molecular complexity index is 1020. The topological polar surface area (TPSA) is 54.8 Å². The molecule has 0 aliphatic heterocycles. The summed E-state index contributed by atoms with van der Waals surface area (Å²) in [7, 11) is 0. The highest BCUT2D eigenvalue weighted by Gasteiger charge is 2.16. The minimum Gasteiger partial charge on any atom is -0.424 e. The molecule has 1 heterocycles. The fourth-order valence-corrected chi connectivity index (χ4v) is 3.08. The summed E-state index contributed by atoms with van der Waals surface area (Å²) in [5.41, 5.74) is 1.31. The Hall–Kier alpha value is -2.32. The number of fused-ring (bicyclic) bond motifs is 1. The van der Waals surface area contributed by atoms with Crippen molar-refractivity contribution in [2.45, 2.75) is 12.5 Å². The first-order chi connectivity index (χ1) is 11.5. The van der Waals surface area contributed by atoms with Crippen molar-refractivity contribution in [2.24, 2.45) is 0 Å². The third kappa shape index (κ3) is 3.29. The molecule has 1 unspecified atom stereocenters. The van der Waals surface area contributed by atoms with E-state index >= 15 is 0 Å². The molecule has 0 saturated heterocycles. The van der Waals surface area contributed by atoms with Crippen molar-refractivity contribution in [3.63, 3.8) is 0 Å². The van der Waals surface area contributed by atoms with Gasteiger partial charge in [0.1, 0.15) is 5.58 Å². The summed E-state index contributed by atoms with van der Waals surface area (Å²) < 4.78 is 5.15. The Balaban J connectivity index is 2.03. The second kappa shape index (κ2) is 6.66. The number of hydrogen-bond acceptors (Lipinski definition) is 3. The zero-order valence-electron chi connectivity index (χ0n) is 12.3. The molecule has 0 aliphatic rings. The van der Waals surface area contributed by atoms with E-state index in [0.717, 1.165) is 0 Å². The number of aliphatic hydroxyl groups excluding tert-OH is 1. The smallest absolute Gasteiger partial charge is 0.336 e. The summed E-state index contributed by atoms with van der Waals surface area (Å²) in [5.74, 6) is 0. The lowest BCUT2D eigenvalue weighted by atomic mass is 9.99. The summed E-state index contributed by atoms with van der Waals surface area (Å²) in [6, 6.07) is 11.0. The molecule has 1 atom stereocenters. The predicted molar refractivity (Wildman–Crippen MR) is 93.9 cm³/mol. The molecule has 0 fully saturated rings. The lowest BCUT2D eigenvalue weighted by Gasteiger charge is -2.14. The van der Waals surface area contributed by atoms with Gasteiger partial charge in [0.2, 0.25) is 0 Å². The number of aliphatic hydroxyl groups is 1. The molecule has 2 aromatic carbocycles. The molecule has 0 spiro atoms. The van der Waals surface area contributed by atoms with Crippen LogP contribution in [0.1, 0.15) is 17.2 Å². The first kappa shape index (κ1) is 16.5. The van der Waals surface area contributed by atoms with Gasteiger partial charge in [-0.25, -0.2) is 9.64 Å². The van der Waals surface area contributed by atoms with E-state index in [1.54, 1.807) is 30.3 Å². The molecule has 1 N–H and O–H groups in total. The minimum atomic E-state index is -0.902. The number of nitrogens with zero attached hydrogens (tertiary/aromatic N) is 1. The van der Waals surface area contributed by atoms with Gasteiger partial charge in [-0.3, -0.25) is 0 Å². The third-order valence-corrected chi connectivity index (χ3v) is 4.24. The van der Waals surface area contributed by atoms with Crippen LogP contribution in [-0.4, -0.2) is 5.11 Å². The number of rotatable bonds is 3. The summed E-state index contributed by atoms with van der Waals surface area (Å²) in [4.78, 5) is 15.1. The molecule has 0 radical (unpaired) electrons. The van der Waals surface area contributed by atoms with Crippen molar-refractivity contribution in [3.05, 3.63) is 85.5 Å². The van der Waals surface area contributed by atoms with E-state index in [9.17, 15) is 9.90 Å². The van der Waals surface area contributed by atoms with Gasteiger partial charge in [-0.2, -0.15) is 0 Å². The van der Waals surface area contributed by atoms with Gasteiger partial charge in [-0.15, -0.1) is 0 Å². The number of hydrogen-bond donors (Lipinski definition) is 1. The Morgan fingerprint density at radius 1 is 1.17 bits per heavy atom. The van der Waals surface area contributed by atoms with E-state index in [2.05, 4.69) is 4.85 Å². The Morgan fingerprint density at radius 2 is 1.96 bits per heavy atom. The molecule has 0 saturated carbocycles. The molecular formula is C18H11Cl2NO3. The van der Waals surface area contributed by atoms with Gasteiger partial charge in [0, 0.05) is 27.9 Å². The first-order valence-electron chi connectivity index (χ1n) is 7.05. The van der Waals surface area contributed by atoms with Gasteiger partial charge in [0.05, 0.1) is 12.7 Å². The highest BCUT2D eigenvalue weighted by atomic mass is 35.5. The maximum atomic E-state index is 11.8. The predicted octanol–water partition coefficient (Wildman–Crippen LogP) is 4.93.